The van der Waals surface area contributed by atoms with E-state index >= 15 is 0 Å². The second-order valence-corrected chi connectivity index (χ2v) is 5.80. The van der Waals surface area contributed by atoms with Crippen molar-refractivity contribution in [1.82, 2.24) is 0 Å². The van der Waals surface area contributed by atoms with Crippen molar-refractivity contribution in [2.45, 2.75) is 10.9 Å². The molecule has 1 aliphatic carbocycles. The molecule has 0 N–H and O–H groups in total. The van der Waals surface area contributed by atoms with E-state index in [1.54, 1.807) is 5.57 Å². The molecule has 0 aromatic carbocycles. The molecule has 2 aliphatic rings. The van der Waals surface area contributed by atoms with Crippen LogP contribution in [0.5, 0.6) is 0 Å². The Kier molecular flexibility index (Phi) is 1.29. The summed E-state index contributed by atoms with van der Waals surface area (Å²) in [7, 11) is 0. The van der Waals surface area contributed by atoms with E-state index in [4.69, 9.17) is 0 Å². The molecule has 0 amide bonds. The van der Waals surface area contributed by atoms with E-state index in [9.17, 15) is 0 Å². The van der Waals surface area contributed by atoms with Crippen LogP contribution in [0.3, 0.4) is 0 Å². The van der Waals surface area contributed by atoms with Crippen LogP contribution in [-0.4, -0.2) is 20.9 Å². The Balaban J connectivity index is 2.42. The van der Waals surface area contributed by atoms with Crippen LogP contribution in [0.2, 0.25) is 3.97 Å². The van der Waals surface area contributed by atoms with Gasteiger partial charge in [-0.3, -0.25) is 0 Å². The summed E-state index contributed by atoms with van der Waals surface area (Å²) in [5.41, 5.74) is 3.11. The average molecular weight is 232 g/mol. The molecule has 1 aliphatic heterocycles. The van der Waals surface area contributed by atoms with E-state index in [0.29, 0.717) is 0 Å². The van der Waals surface area contributed by atoms with Gasteiger partial charge in [-0.15, -0.1) is 0 Å². The molecule has 2 rings (SSSR count). The fraction of sp³-hybridized carbons (Fsp3) is 0.250. The van der Waals surface area contributed by atoms with Gasteiger partial charge >= 0.3 is 65.3 Å². The number of hydrogen-bond acceptors (Lipinski definition) is 0. The zero-order valence-corrected chi connectivity index (χ0v) is 7.63. The quantitative estimate of drug-likeness (QED) is 0.559. The summed E-state index contributed by atoms with van der Waals surface area (Å²) in [5.74, 6) is 0. The monoisotopic (exact) mass is 234 g/mol. The summed E-state index contributed by atoms with van der Waals surface area (Å²) >= 11 is 0.202. The number of allylic oxidation sites excluding steroid dienone is 5. The van der Waals surface area contributed by atoms with Crippen LogP contribution in [0.4, 0.5) is 0 Å². The molecule has 0 aromatic heterocycles. The molecule has 1 heterocycles. The number of rotatable bonds is 0. The Morgan fingerprint density at radius 3 is 3.22 bits per heavy atom. The summed E-state index contributed by atoms with van der Waals surface area (Å²) in [5, 5.41) is 0. The van der Waals surface area contributed by atoms with Crippen LogP contribution in [0.15, 0.2) is 33.5 Å². The van der Waals surface area contributed by atoms with Crippen molar-refractivity contribution in [3.63, 3.8) is 0 Å². The van der Waals surface area contributed by atoms with E-state index in [0.717, 1.165) is 3.97 Å². The molecule has 1 heteroatoms. The SMILES string of the molecule is CC1[Te]C=C2C=CC=C21. The van der Waals surface area contributed by atoms with Crippen molar-refractivity contribution in [3.8, 4) is 0 Å². The molecular formula is C8H8Te. The second kappa shape index (κ2) is 2.01. The molecule has 0 radical (unpaired) electrons. The molecule has 0 nitrogen and oxygen atoms in total. The van der Waals surface area contributed by atoms with Gasteiger partial charge in [0.25, 0.3) is 0 Å². The average Bonchev–Trinajstić information content (AvgIpc) is 2.35. The molecule has 1 atom stereocenters. The molecule has 0 bridgehead atoms. The van der Waals surface area contributed by atoms with Gasteiger partial charge in [-0.2, -0.15) is 0 Å². The number of fused-ring (bicyclic) bond motifs is 1. The minimum atomic E-state index is 0.202. The van der Waals surface area contributed by atoms with Crippen molar-refractivity contribution < 1.29 is 0 Å². The maximum absolute atomic E-state index is 2.45. The maximum atomic E-state index is 2.45. The summed E-state index contributed by atoms with van der Waals surface area (Å²) in [6.07, 6.45) is 6.64. The Bertz CT molecular complexity index is 221. The van der Waals surface area contributed by atoms with Gasteiger partial charge in [0.15, 0.2) is 0 Å². The molecule has 0 fully saturated rings. The summed E-state index contributed by atoms with van der Waals surface area (Å²) in [4.78, 5) is 0. The van der Waals surface area contributed by atoms with E-state index in [2.05, 4.69) is 29.3 Å². The van der Waals surface area contributed by atoms with Gasteiger partial charge in [0, 0.05) is 0 Å². The first-order valence-electron chi connectivity index (χ1n) is 3.12. The summed E-state index contributed by atoms with van der Waals surface area (Å²) < 4.78 is 3.35. The van der Waals surface area contributed by atoms with Crippen LogP contribution in [-0.2, 0) is 0 Å². The Labute approximate surface area is 65.4 Å². The summed E-state index contributed by atoms with van der Waals surface area (Å²) in [6.45, 7) is 2.34. The fourth-order valence-electron chi connectivity index (χ4n) is 1.17. The van der Waals surface area contributed by atoms with Gasteiger partial charge in [0.1, 0.15) is 0 Å². The van der Waals surface area contributed by atoms with E-state index in [1.165, 1.54) is 5.57 Å². The molecule has 9 heavy (non-hydrogen) atoms. The fourth-order valence-corrected chi connectivity index (χ4v) is 3.82. The molecular weight excluding hydrogens is 224 g/mol. The van der Waals surface area contributed by atoms with Crippen molar-refractivity contribution >= 4 is 20.9 Å². The third kappa shape index (κ3) is 0.800. The van der Waals surface area contributed by atoms with Crippen LogP contribution < -0.4 is 0 Å². The molecule has 0 aromatic rings. The predicted molar refractivity (Wildman–Crippen MR) is 40.5 cm³/mol. The van der Waals surface area contributed by atoms with Gasteiger partial charge in [0.2, 0.25) is 0 Å². The minimum absolute atomic E-state index is 0.202. The van der Waals surface area contributed by atoms with Crippen LogP contribution >= 0.6 is 0 Å². The first-order valence-corrected chi connectivity index (χ1v) is 5.81. The third-order valence-corrected chi connectivity index (χ3v) is 4.73. The standard InChI is InChI=1S/C8H8Te/c1-6-8-4-2-3-7(8)5-9-6/h2-6H,1H3. The number of hydrogen-bond donors (Lipinski definition) is 0. The summed E-state index contributed by atoms with van der Waals surface area (Å²) in [6, 6.07) is 0. The zero-order chi connectivity index (χ0) is 6.27. The van der Waals surface area contributed by atoms with Crippen molar-refractivity contribution in [3.05, 3.63) is 33.5 Å². The van der Waals surface area contributed by atoms with Gasteiger partial charge in [0.05, 0.1) is 0 Å². The topological polar surface area (TPSA) is 0 Å². The second-order valence-electron chi connectivity index (χ2n) is 2.33. The van der Waals surface area contributed by atoms with E-state index in [-0.39, 0.29) is 20.9 Å². The van der Waals surface area contributed by atoms with Crippen LogP contribution in [0.25, 0.3) is 0 Å². The zero-order valence-electron chi connectivity index (χ0n) is 5.29. The first-order chi connectivity index (χ1) is 4.38. The van der Waals surface area contributed by atoms with E-state index in [1.807, 2.05) is 0 Å². The first kappa shape index (κ1) is 5.77. The Hall–Kier alpha value is 0.00961. The third-order valence-electron chi connectivity index (χ3n) is 1.72. The molecule has 0 saturated carbocycles. The van der Waals surface area contributed by atoms with Crippen LogP contribution in [0.1, 0.15) is 6.92 Å². The predicted octanol–water partition coefficient (Wildman–Crippen LogP) is 1.89. The van der Waals surface area contributed by atoms with Crippen LogP contribution in [0, 0.1) is 0 Å². The van der Waals surface area contributed by atoms with E-state index < -0.39 is 0 Å². The van der Waals surface area contributed by atoms with Gasteiger partial charge in [-0.05, 0) is 0 Å². The van der Waals surface area contributed by atoms with Gasteiger partial charge in [-0.25, -0.2) is 0 Å². The van der Waals surface area contributed by atoms with Crippen molar-refractivity contribution in [2.75, 3.05) is 0 Å². The Morgan fingerprint density at radius 1 is 1.56 bits per heavy atom. The Morgan fingerprint density at radius 2 is 2.44 bits per heavy atom. The van der Waals surface area contributed by atoms with Gasteiger partial charge < -0.3 is 0 Å². The molecule has 0 spiro atoms. The normalized spacial score (nSPS) is 30.1. The molecule has 46 valence electrons. The molecule has 0 saturated heterocycles. The van der Waals surface area contributed by atoms with Crippen molar-refractivity contribution in [1.29, 1.82) is 0 Å². The van der Waals surface area contributed by atoms with Crippen molar-refractivity contribution in [2.24, 2.45) is 0 Å². The molecule has 1 unspecified atom stereocenters. The van der Waals surface area contributed by atoms with Gasteiger partial charge in [-0.1, -0.05) is 0 Å².